The van der Waals surface area contributed by atoms with Gasteiger partial charge in [-0.05, 0) is 38.0 Å². The Bertz CT molecular complexity index is 920. The van der Waals surface area contributed by atoms with Gasteiger partial charge in [0.25, 0.3) is 0 Å². The zero-order valence-electron chi connectivity index (χ0n) is 15.4. The molecule has 0 bridgehead atoms. The van der Waals surface area contributed by atoms with E-state index in [1.54, 1.807) is 0 Å². The third kappa shape index (κ3) is 3.86. The van der Waals surface area contributed by atoms with Crippen molar-refractivity contribution < 1.29 is 26.4 Å². The molecule has 1 N–H and O–H groups in total. The summed E-state index contributed by atoms with van der Waals surface area (Å²) in [4.78, 5) is 12.3. The summed E-state index contributed by atoms with van der Waals surface area (Å²) in [7, 11) is -6.50. The van der Waals surface area contributed by atoms with Crippen LogP contribution in [0, 0.1) is 11.3 Å². The van der Waals surface area contributed by atoms with Gasteiger partial charge in [0.15, 0.2) is 0 Å². The first kappa shape index (κ1) is 20.7. The van der Waals surface area contributed by atoms with E-state index in [9.17, 15) is 21.6 Å². The first-order valence-electron chi connectivity index (χ1n) is 8.07. The quantitative estimate of drug-likeness (QED) is 0.766. The monoisotopic (exact) mass is 404 g/mol. The maximum absolute atomic E-state index is 12.6. The van der Waals surface area contributed by atoms with Gasteiger partial charge in [-0.15, -0.1) is 0 Å². The van der Waals surface area contributed by atoms with E-state index in [4.69, 9.17) is 4.74 Å². The van der Waals surface area contributed by atoms with Crippen LogP contribution in [0.15, 0.2) is 23.1 Å². The summed E-state index contributed by atoms with van der Waals surface area (Å²) in [5.74, 6) is -0.784. The smallest absolute Gasteiger partial charge is 0.247 e. The minimum Gasteiger partial charge on any atom is -0.495 e. The number of carbonyl (C=O) groups excluding carboxylic acids is 1. The van der Waals surface area contributed by atoms with Gasteiger partial charge in [-0.25, -0.2) is 25.9 Å². The number of hydrogen-bond acceptors (Lipinski definition) is 6. The Morgan fingerprint density at radius 2 is 1.92 bits per heavy atom. The van der Waals surface area contributed by atoms with E-state index in [0.717, 1.165) is 6.07 Å². The molecule has 2 rings (SSSR count). The van der Waals surface area contributed by atoms with Crippen molar-refractivity contribution in [1.29, 1.82) is 0 Å². The number of rotatable bonds is 6. The van der Waals surface area contributed by atoms with Crippen LogP contribution in [0.25, 0.3) is 0 Å². The fraction of sp³-hybridized carbons (Fsp3) is 0.562. The van der Waals surface area contributed by atoms with Gasteiger partial charge in [-0.2, -0.15) is 0 Å². The molecule has 1 saturated heterocycles. The number of anilines is 1. The van der Waals surface area contributed by atoms with E-state index in [-0.39, 0.29) is 34.5 Å². The highest BCUT2D eigenvalue weighted by Crippen LogP contribution is 2.38. The molecule has 1 aliphatic rings. The van der Waals surface area contributed by atoms with E-state index in [2.05, 4.69) is 4.72 Å². The molecule has 0 radical (unpaired) electrons. The molecule has 0 aliphatic carbocycles. The molecule has 1 fully saturated rings. The van der Waals surface area contributed by atoms with Crippen LogP contribution < -0.4 is 13.8 Å². The number of nitrogens with zero attached hydrogens (tertiary/aromatic N) is 1. The molecule has 0 spiro atoms. The van der Waals surface area contributed by atoms with Crippen molar-refractivity contribution in [3.8, 4) is 5.75 Å². The minimum absolute atomic E-state index is 0.0219. The lowest BCUT2D eigenvalue weighted by molar-refractivity contribution is -0.123. The Morgan fingerprint density at radius 1 is 1.31 bits per heavy atom. The van der Waals surface area contributed by atoms with E-state index in [1.807, 2.05) is 13.8 Å². The van der Waals surface area contributed by atoms with Gasteiger partial charge in [0.1, 0.15) is 10.6 Å². The standard InChI is InChI=1S/C16H24N2O6S2/c1-11(2)9-17-26(22,23)14-8-12(6-7-13(14)24-5)18-15(19)16(3,4)10-25(18,20)21/h6-8,11,17H,9-10H2,1-5H3. The molecule has 1 aliphatic heterocycles. The van der Waals surface area contributed by atoms with Crippen LogP contribution in [-0.2, 0) is 24.8 Å². The highest BCUT2D eigenvalue weighted by molar-refractivity contribution is 7.94. The molecule has 0 aromatic heterocycles. The number of nitrogens with one attached hydrogen (secondary N) is 1. The van der Waals surface area contributed by atoms with Gasteiger partial charge in [0.05, 0.1) is 24.0 Å². The Labute approximate surface area is 154 Å². The molecule has 1 heterocycles. The van der Waals surface area contributed by atoms with Crippen LogP contribution in [0.3, 0.4) is 0 Å². The first-order valence-corrected chi connectivity index (χ1v) is 11.2. The van der Waals surface area contributed by atoms with Gasteiger partial charge < -0.3 is 4.74 Å². The second-order valence-corrected chi connectivity index (χ2v) is 10.8. The second-order valence-electron chi connectivity index (χ2n) is 7.29. The summed E-state index contributed by atoms with van der Waals surface area (Å²) in [6, 6.07) is 3.85. The van der Waals surface area contributed by atoms with Crippen LogP contribution in [0.1, 0.15) is 27.7 Å². The van der Waals surface area contributed by atoms with Gasteiger partial charge in [0, 0.05) is 6.54 Å². The fourth-order valence-electron chi connectivity index (χ4n) is 2.62. The molecule has 146 valence electrons. The number of carbonyl (C=O) groups is 1. The molecule has 26 heavy (non-hydrogen) atoms. The Hall–Kier alpha value is -1.65. The first-order chi connectivity index (χ1) is 11.8. The average Bonchev–Trinajstić information content (AvgIpc) is 2.68. The largest absolute Gasteiger partial charge is 0.495 e. The average molecular weight is 405 g/mol. The van der Waals surface area contributed by atoms with Crippen molar-refractivity contribution in [1.82, 2.24) is 4.72 Å². The van der Waals surface area contributed by atoms with Gasteiger partial charge in [0.2, 0.25) is 26.0 Å². The number of hydrogen-bond donors (Lipinski definition) is 1. The van der Waals surface area contributed by atoms with E-state index < -0.39 is 31.4 Å². The van der Waals surface area contributed by atoms with Crippen molar-refractivity contribution in [3.05, 3.63) is 18.2 Å². The molecule has 1 aromatic rings. The zero-order valence-corrected chi connectivity index (χ0v) is 17.1. The Kier molecular flexibility index (Phi) is 5.42. The molecular weight excluding hydrogens is 380 g/mol. The van der Waals surface area contributed by atoms with Crippen LogP contribution in [-0.4, -0.2) is 42.2 Å². The molecule has 10 heteroatoms. The molecule has 0 unspecified atom stereocenters. The lowest BCUT2D eigenvalue weighted by Gasteiger charge is -2.19. The molecule has 8 nitrogen and oxygen atoms in total. The van der Waals surface area contributed by atoms with Crippen molar-refractivity contribution in [2.24, 2.45) is 11.3 Å². The van der Waals surface area contributed by atoms with E-state index >= 15 is 0 Å². The van der Waals surface area contributed by atoms with E-state index in [0.29, 0.717) is 4.31 Å². The normalized spacial score (nSPS) is 19.2. The third-order valence-electron chi connectivity index (χ3n) is 3.94. The Balaban J connectivity index is 2.56. The number of methoxy groups -OCH3 is 1. The molecule has 0 saturated carbocycles. The number of sulfonamides is 2. The highest BCUT2D eigenvalue weighted by Gasteiger charge is 2.50. The minimum atomic E-state index is -3.94. The zero-order chi connectivity index (χ0) is 19.9. The van der Waals surface area contributed by atoms with E-state index in [1.165, 1.54) is 33.1 Å². The van der Waals surface area contributed by atoms with Gasteiger partial charge >= 0.3 is 0 Å². The molecular formula is C16H24N2O6S2. The molecule has 0 atom stereocenters. The second kappa shape index (κ2) is 6.82. The lowest BCUT2D eigenvalue weighted by Crippen LogP contribution is -2.33. The topological polar surface area (TPSA) is 110 Å². The van der Waals surface area contributed by atoms with Gasteiger partial charge in [-0.1, -0.05) is 13.8 Å². The summed E-state index contributed by atoms with van der Waals surface area (Å²) in [6.45, 7) is 7.00. The number of benzene rings is 1. The summed E-state index contributed by atoms with van der Waals surface area (Å²) < 4.78 is 58.3. The van der Waals surface area contributed by atoms with Crippen LogP contribution in [0.2, 0.25) is 0 Å². The summed E-state index contributed by atoms with van der Waals surface area (Å²) >= 11 is 0. The number of ether oxygens (including phenoxy) is 1. The van der Waals surface area contributed by atoms with Crippen molar-refractivity contribution in [2.45, 2.75) is 32.6 Å². The summed E-state index contributed by atoms with van der Waals surface area (Å²) in [5, 5.41) is 0. The summed E-state index contributed by atoms with van der Waals surface area (Å²) in [6.07, 6.45) is 0. The third-order valence-corrected chi connectivity index (χ3v) is 7.40. The molecule has 1 aromatic carbocycles. The number of amides is 1. The van der Waals surface area contributed by atoms with Crippen molar-refractivity contribution >= 4 is 31.6 Å². The predicted molar refractivity (Wildman–Crippen MR) is 98.1 cm³/mol. The van der Waals surface area contributed by atoms with Gasteiger partial charge in [-0.3, -0.25) is 4.79 Å². The molecule has 1 amide bonds. The SMILES string of the molecule is COc1ccc(N2C(=O)C(C)(C)CS2(=O)=O)cc1S(=O)(=O)NCC(C)C. The maximum atomic E-state index is 12.6. The van der Waals surface area contributed by atoms with Crippen LogP contribution >= 0.6 is 0 Å². The van der Waals surface area contributed by atoms with Crippen LogP contribution in [0.4, 0.5) is 5.69 Å². The van der Waals surface area contributed by atoms with Crippen molar-refractivity contribution in [3.63, 3.8) is 0 Å². The van der Waals surface area contributed by atoms with Crippen LogP contribution in [0.5, 0.6) is 5.75 Å². The predicted octanol–water partition coefficient (Wildman–Crippen LogP) is 1.33. The Morgan fingerprint density at radius 3 is 2.38 bits per heavy atom. The maximum Gasteiger partial charge on any atom is 0.247 e. The summed E-state index contributed by atoms with van der Waals surface area (Å²) in [5.41, 5.74) is -1.10. The highest BCUT2D eigenvalue weighted by atomic mass is 32.2. The fourth-order valence-corrected chi connectivity index (χ4v) is 6.12. The van der Waals surface area contributed by atoms with Crippen molar-refractivity contribution in [2.75, 3.05) is 23.7 Å². The lowest BCUT2D eigenvalue weighted by atomic mass is 9.95.